The van der Waals surface area contributed by atoms with Crippen LogP contribution >= 0.6 is 0 Å². The number of nitrogens with one attached hydrogen (secondary N) is 1. The zero-order chi connectivity index (χ0) is 44.5. The number of hydrogen-bond donors (Lipinski definition) is 3. The van der Waals surface area contributed by atoms with Crippen molar-refractivity contribution in [2.75, 3.05) is 6.61 Å². The molecule has 1 amide bonds. The molecule has 6 nitrogen and oxygen atoms in total. The van der Waals surface area contributed by atoms with E-state index in [1.54, 1.807) is 0 Å². The highest BCUT2D eigenvalue weighted by molar-refractivity contribution is 5.77. The molecule has 0 aromatic heterocycles. The van der Waals surface area contributed by atoms with Crippen LogP contribution in [-0.2, 0) is 14.3 Å². The van der Waals surface area contributed by atoms with Gasteiger partial charge in [0.05, 0.1) is 25.2 Å². The Hall–Kier alpha value is -2.70. The standard InChI is InChI=1S/C55H97NO5/c1-4-7-10-13-16-19-22-24-26-28-30-32-34-37-40-43-46-51(61-55(60)48-45-42-39-36-21-18-15-12-9-6-3)49-54(59)56-52(50-57)53(58)47-44-41-38-35-33-31-29-27-25-23-20-17-14-11-8-5-2/h10,12-13,15-16,19,22,24,26,28,30,32,51-53,57-58H,4-9,11,14,17-18,20-21,23,25,27,29,31,33-50H2,1-3H3,(H,56,59)/b13-10+,15-12-,19-16+,24-22+,28-26+,32-30+. The van der Waals surface area contributed by atoms with Crippen LogP contribution in [0.3, 0.4) is 0 Å². The Labute approximate surface area is 377 Å². The van der Waals surface area contributed by atoms with Gasteiger partial charge in [-0.3, -0.25) is 9.59 Å². The van der Waals surface area contributed by atoms with E-state index in [4.69, 9.17) is 4.74 Å². The van der Waals surface area contributed by atoms with Gasteiger partial charge in [0, 0.05) is 6.42 Å². The van der Waals surface area contributed by atoms with E-state index in [0.29, 0.717) is 19.3 Å². The van der Waals surface area contributed by atoms with Crippen LogP contribution in [-0.4, -0.2) is 46.9 Å². The number of hydrogen-bond acceptors (Lipinski definition) is 5. The number of carbonyl (C=O) groups is 2. The van der Waals surface area contributed by atoms with E-state index in [1.165, 1.54) is 109 Å². The molecule has 0 radical (unpaired) electrons. The Balaban J connectivity index is 4.63. The van der Waals surface area contributed by atoms with E-state index >= 15 is 0 Å². The van der Waals surface area contributed by atoms with Gasteiger partial charge < -0.3 is 20.3 Å². The summed E-state index contributed by atoms with van der Waals surface area (Å²) in [6, 6.07) is -0.720. The van der Waals surface area contributed by atoms with Gasteiger partial charge in [0.25, 0.3) is 0 Å². The van der Waals surface area contributed by atoms with Crippen molar-refractivity contribution in [1.29, 1.82) is 0 Å². The topological polar surface area (TPSA) is 95.9 Å². The minimum atomic E-state index is -0.803. The highest BCUT2D eigenvalue weighted by Crippen LogP contribution is 2.17. The molecule has 0 saturated heterocycles. The van der Waals surface area contributed by atoms with E-state index in [9.17, 15) is 19.8 Å². The van der Waals surface area contributed by atoms with Crippen LogP contribution in [0.2, 0.25) is 0 Å². The summed E-state index contributed by atoms with van der Waals surface area (Å²) >= 11 is 0. The highest BCUT2D eigenvalue weighted by Gasteiger charge is 2.24. The van der Waals surface area contributed by atoms with Crippen molar-refractivity contribution in [2.45, 2.75) is 257 Å². The van der Waals surface area contributed by atoms with E-state index in [1.807, 2.05) is 36.5 Å². The maximum atomic E-state index is 13.2. The minimum Gasteiger partial charge on any atom is -0.462 e. The Morgan fingerprint density at radius 3 is 1.43 bits per heavy atom. The largest absolute Gasteiger partial charge is 0.462 e. The molecular weight excluding hydrogens is 755 g/mol. The van der Waals surface area contributed by atoms with Gasteiger partial charge in [0.15, 0.2) is 0 Å². The Morgan fingerprint density at radius 2 is 0.885 bits per heavy atom. The molecule has 6 heteroatoms. The van der Waals surface area contributed by atoms with Gasteiger partial charge in [-0.15, -0.1) is 0 Å². The van der Waals surface area contributed by atoms with Crippen LogP contribution in [0.4, 0.5) is 0 Å². The Bertz CT molecular complexity index is 1140. The van der Waals surface area contributed by atoms with Crippen molar-refractivity contribution in [3.8, 4) is 0 Å². The molecule has 0 heterocycles. The number of allylic oxidation sites excluding steroid dienone is 12. The van der Waals surface area contributed by atoms with Crippen LogP contribution in [0.25, 0.3) is 0 Å². The number of carbonyl (C=O) groups excluding carboxylic acids is 2. The lowest BCUT2D eigenvalue weighted by Gasteiger charge is -2.24. The van der Waals surface area contributed by atoms with Crippen molar-refractivity contribution in [3.63, 3.8) is 0 Å². The third kappa shape index (κ3) is 43.7. The number of unbranched alkanes of at least 4 members (excludes halogenated alkanes) is 25. The van der Waals surface area contributed by atoms with Crippen LogP contribution in [0, 0.1) is 0 Å². The first-order valence-corrected chi connectivity index (χ1v) is 25.7. The van der Waals surface area contributed by atoms with Gasteiger partial charge in [0.2, 0.25) is 5.91 Å². The van der Waals surface area contributed by atoms with E-state index < -0.39 is 18.2 Å². The molecule has 0 saturated carbocycles. The summed E-state index contributed by atoms with van der Waals surface area (Å²) in [5.41, 5.74) is 0. The van der Waals surface area contributed by atoms with Crippen LogP contribution in [0.1, 0.15) is 239 Å². The predicted octanol–water partition coefficient (Wildman–Crippen LogP) is 15.4. The van der Waals surface area contributed by atoms with Gasteiger partial charge in [-0.2, -0.15) is 0 Å². The van der Waals surface area contributed by atoms with Crippen LogP contribution < -0.4 is 5.32 Å². The molecule has 3 atom stereocenters. The Kier molecular flexibility index (Phi) is 46.2. The molecule has 0 bridgehead atoms. The third-order valence-corrected chi connectivity index (χ3v) is 11.3. The van der Waals surface area contributed by atoms with Gasteiger partial charge in [-0.25, -0.2) is 0 Å². The fraction of sp³-hybridized carbons (Fsp3) is 0.745. The second-order valence-corrected chi connectivity index (χ2v) is 17.3. The second-order valence-electron chi connectivity index (χ2n) is 17.3. The molecule has 0 fully saturated rings. The first kappa shape index (κ1) is 58.3. The van der Waals surface area contributed by atoms with Gasteiger partial charge >= 0.3 is 5.97 Å². The van der Waals surface area contributed by atoms with E-state index in [0.717, 1.165) is 83.5 Å². The SMILES string of the molecule is CCC/C=C\CCCCCCCC(=O)OC(CCCCC/C=C/C=C/C=C/C=C/C=C/CCC)CC(=O)NC(CO)C(O)CCCCCCCCCCCCCCCCCC. The summed E-state index contributed by atoms with van der Waals surface area (Å²) in [5.74, 6) is -0.530. The molecule has 0 aliphatic heterocycles. The van der Waals surface area contributed by atoms with E-state index in [2.05, 4.69) is 62.5 Å². The maximum Gasteiger partial charge on any atom is 0.306 e. The molecule has 3 N–H and O–H groups in total. The molecule has 0 aliphatic carbocycles. The monoisotopic (exact) mass is 852 g/mol. The van der Waals surface area contributed by atoms with Crippen molar-refractivity contribution in [3.05, 3.63) is 72.9 Å². The number of aliphatic hydroxyl groups is 2. The summed E-state index contributed by atoms with van der Waals surface area (Å²) in [7, 11) is 0. The number of esters is 1. The summed E-state index contributed by atoms with van der Waals surface area (Å²) in [6.07, 6.45) is 61.0. The minimum absolute atomic E-state index is 0.0436. The number of aliphatic hydroxyl groups excluding tert-OH is 2. The predicted molar refractivity (Wildman–Crippen MR) is 264 cm³/mol. The molecule has 3 unspecified atom stereocenters. The average molecular weight is 852 g/mol. The first-order chi connectivity index (χ1) is 30.0. The van der Waals surface area contributed by atoms with Crippen molar-refractivity contribution < 1.29 is 24.5 Å². The number of rotatable bonds is 45. The van der Waals surface area contributed by atoms with Crippen LogP contribution in [0.15, 0.2) is 72.9 Å². The van der Waals surface area contributed by atoms with Crippen LogP contribution in [0.5, 0.6) is 0 Å². The lowest BCUT2D eigenvalue weighted by molar-refractivity contribution is -0.151. The second kappa shape index (κ2) is 48.3. The number of amides is 1. The summed E-state index contributed by atoms with van der Waals surface area (Å²) in [6.45, 7) is 6.32. The van der Waals surface area contributed by atoms with Crippen molar-refractivity contribution in [2.24, 2.45) is 0 Å². The molecule has 0 aliphatic rings. The zero-order valence-electron chi connectivity index (χ0n) is 40.0. The summed E-state index contributed by atoms with van der Waals surface area (Å²) in [4.78, 5) is 26.1. The zero-order valence-corrected chi connectivity index (χ0v) is 40.0. The fourth-order valence-electron chi connectivity index (χ4n) is 7.46. The molecular formula is C55H97NO5. The Morgan fingerprint density at radius 1 is 0.475 bits per heavy atom. The third-order valence-electron chi connectivity index (χ3n) is 11.3. The van der Waals surface area contributed by atoms with Crippen molar-refractivity contribution >= 4 is 11.9 Å². The van der Waals surface area contributed by atoms with Gasteiger partial charge in [-0.05, 0) is 64.2 Å². The maximum absolute atomic E-state index is 13.2. The lowest BCUT2D eigenvalue weighted by atomic mass is 10.0. The normalized spacial score (nSPS) is 13.9. The highest BCUT2D eigenvalue weighted by atomic mass is 16.5. The average Bonchev–Trinajstić information content (AvgIpc) is 3.25. The van der Waals surface area contributed by atoms with Crippen molar-refractivity contribution in [1.82, 2.24) is 5.32 Å². The molecule has 61 heavy (non-hydrogen) atoms. The fourth-order valence-corrected chi connectivity index (χ4v) is 7.46. The molecule has 352 valence electrons. The molecule has 0 spiro atoms. The quantitative estimate of drug-likeness (QED) is 0.0245. The first-order valence-electron chi connectivity index (χ1n) is 25.7. The molecule has 0 rings (SSSR count). The van der Waals surface area contributed by atoms with Gasteiger partial charge in [-0.1, -0.05) is 235 Å². The molecule has 0 aromatic rings. The van der Waals surface area contributed by atoms with E-state index in [-0.39, 0.29) is 24.9 Å². The lowest BCUT2D eigenvalue weighted by Crippen LogP contribution is -2.46. The number of ether oxygens (including phenoxy) is 1. The summed E-state index contributed by atoms with van der Waals surface area (Å²) in [5, 5.41) is 23.8. The molecule has 0 aromatic carbocycles. The summed E-state index contributed by atoms with van der Waals surface area (Å²) < 4.78 is 5.90. The van der Waals surface area contributed by atoms with Gasteiger partial charge in [0.1, 0.15) is 6.10 Å². The smallest absolute Gasteiger partial charge is 0.306 e.